The molecular formula is C45H48O2S6. The lowest BCUT2D eigenvalue weighted by molar-refractivity contribution is 0.309. The van der Waals surface area contributed by atoms with Gasteiger partial charge in [-0.25, -0.2) is 0 Å². The Kier molecular flexibility index (Phi) is 13.8. The fourth-order valence-electron chi connectivity index (χ4n) is 6.62. The molecule has 0 amide bonds. The van der Waals surface area contributed by atoms with E-state index < -0.39 is 0 Å². The van der Waals surface area contributed by atoms with Crippen molar-refractivity contribution in [2.45, 2.75) is 90.9 Å². The van der Waals surface area contributed by atoms with Crippen LogP contribution in [0.25, 0.3) is 48.8 Å². The van der Waals surface area contributed by atoms with Crippen molar-refractivity contribution in [3.8, 4) is 60.3 Å². The van der Waals surface area contributed by atoms with Crippen molar-refractivity contribution < 1.29 is 9.84 Å². The minimum absolute atomic E-state index is 0.239. The first-order valence-corrected chi connectivity index (χ1v) is 24.0. The third kappa shape index (κ3) is 10.0. The maximum Gasteiger partial charge on any atom is 0.122 e. The summed E-state index contributed by atoms with van der Waals surface area (Å²) < 4.78 is 5.84. The number of phenols is 1. The van der Waals surface area contributed by atoms with Gasteiger partial charge in [0.1, 0.15) is 11.5 Å². The molecule has 1 aromatic carbocycles. The summed E-state index contributed by atoms with van der Waals surface area (Å²) in [5, 5.41) is 12.0. The van der Waals surface area contributed by atoms with E-state index in [2.05, 4.69) is 79.9 Å². The highest BCUT2D eigenvalue weighted by Crippen LogP contribution is 2.48. The quantitative estimate of drug-likeness (QED) is 0.0777. The summed E-state index contributed by atoms with van der Waals surface area (Å²) in [6, 6.07) is 30.5. The SMILES string of the molecule is CCCCCCc1ccsc1-c1ccc(-c2ccc(-c3sc(-c4ccc(-c5ccc(CCCOc6cccc(O)c6)s5)s4)cc3CCCCCC)s2)s1. The zero-order valence-corrected chi connectivity index (χ0v) is 35.6. The maximum absolute atomic E-state index is 9.68. The second-order valence-corrected chi connectivity index (χ2v) is 20.0. The number of rotatable bonds is 20. The van der Waals surface area contributed by atoms with Crippen LogP contribution in [0.1, 0.15) is 87.6 Å². The topological polar surface area (TPSA) is 29.5 Å². The molecule has 0 bridgehead atoms. The normalized spacial score (nSPS) is 11.5. The van der Waals surface area contributed by atoms with Gasteiger partial charge < -0.3 is 9.84 Å². The molecular weight excluding hydrogens is 765 g/mol. The number of ether oxygens (including phenoxy) is 1. The van der Waals surface area contributed by atoms with Crippen LogP contribution >= 0.6 is 68.0 Å². The molecule has 0 aliphatic rings. The standard InChI is InChI=1S/C45H48O2S6/c1-3-5-7-9-13-31-26-28-48-44(31)41-24-22-38(51-41)39-23-25-42(52-39)45-32(14-10-8-6-4-2)29-43(53-45)40-21-20-37(50-40)36-19-18-35(49-36)17-12-27-47-34-16-11-15-33(46)30-34/h11,15-16,18-26,28-30,46H,3-10,12-14,17,27H2,1-2H3. The van der Waals surface area contributed by atoms with Gasteiger partial charge in [0.05, 0.1) is 6.61 Å². The van der Waals surface area contributed by atoms with Crippen LogP contribution < -0.4 is 4.74 Å². The first-order chi connectivity index (χ1) is 26.1. The predicted molar refractivity (Wildman–Crippen MR) is 238 cm³/mol. The van der Waals surface area contributed by atoms with Crippen LogP contribution in [0, 0.1) is 0 Å². The summed E-state index contributed by atoms with van der Waals surface area (Å²) in [5.74, 6) is 0.957. The van der Waals surface area contributed by atoms with Gasteiger partial charge in [-0.2, -0.15) is 0 Å². The number of unbranched alkanes of at least 4 members (excludes halogenated alkanes) is 6. The molecule has 53 heavy (non-hydrogen) atoms. The summed E-state index contributed by atoms with van der Waals surface area (Å²) in [7, 11) is 0. The number of thiophene rings is 6. The Hall–Kier alpha value is -2.98. The third-order valence-corrected chi connectivity index (χ3v) is 16.9. The Morgan fingerprint density at radius 1 is 0.491 bits per heavy atom. The fourth-order valence-corrected chi connectivity index (χ4v) is 13.4. The lowest BCUT2D eigenvalue weighted by atomic mass is 10.1. The Bertz CT molecular complexity index is 2170. The molecule has 7 rings (SSSR count). The average molecular weight is 813 g/mol. The molecule has 0 saturated heterocycles. The monoisotopic (exact) mass is 812 g/mol. The van der Waals surface area contributed by atoms with Crippen molar-refractivity contribution in [3.05, 3.63) is 106 Å². The van der Waals surface area contributed by atoms with E-state index >= 15 is 0 Å². The largest absolute Gasteiger partial charge is 0.508 e. The number of aryl methyl sites for hydroxylation is 3. The molecule has 0 saturated carbocycles. The fraction of sp³-hybridized carbons (Fsp3) is 0.333. The summed E-state index contributed by atoms with van der Waals surface area (Å²) in [6.07, 6.45) is 14.6. The Morgan fingerprint density at radius 2 is 1.09 bits per heavy atom. The summed E-state index contributed by atoms with van der Waals surface area (Å²) in [4.78, 5) is 15.3. The van der Waals surface area contributed by atoms with Crippen molar-refractivity contribution >= 4 is 68.0 Å². The summed E-state index contributed by atoms with van der Waals surface area (Å²) in [5.41, 5.74) is 3.03. The number of phenolic OH excluding ortho intramolecular Hbond substituents is 1. The Balaban J connectivity index is 1.04. The lowest BCUT2D eigenvalue weighted by Gasteiger charge is -2.05. The van der Waals surface area contributed by atoms with Crippen molar-refractivity contribution in [3.63, 3.8) is 0 Å². The first kappa shape index (κ1) is 38.3. The molecule has 0 aliphatic heterocycles. The third-order valence-electron chi connectivity index (χ3n) is 9.46. The van der Waals surface area contributed by atoms with Crippen LogP contribution in [-0.4, -0.2) is 11.7 Å². The minimum Gasteiger partial charge on any atom is -0.508 e. The molecule has 0 unspecified atom stereocenters. The van der Waals surface area contributed by atoms with Crippen LogP contribution in [0.15, 0.2) is 90.3 Å². The molecule has 276 valence electrons. The van der Waals surface area contributed by atoms with Gasteiger partial charge >= 0.3 is 0 Å². The smallest absolute Gasteiger partial charge is 0.122 e. The number of hydrogen-bond donors (Lipinski definition) is 1. The van der Waals surface area contributed by atoms with E-state index in [9.17, 15) is 5.11 Å². The van der Waals surface area contributed by atoms with Gasteiger partial charge in [0.25, 0.3) is 0 Å². The Labute approximate surface area is 339 Å². The predicted octanol–water partition coefficient (Wildman–Crippen LogP) is 16.4. The maximum atomic E-state index is 9.68. The average Bonchev–Trinajstić information content (AvgIpc) is 4.01. The van der Waals surface area contributed by atoms with Crippen LogP contribution in [0.4, 0.5) is 0 Å². The van der Waals surface area contributed by atoms with Gasteiger partial charge in [-0.3, -0.25) is 0 Å². The van der Waals surface area contributed by atoms with Gasteiger partial charge in [0, 0.05) is 59.7 Å². The van der Waals surface area contributed by atoms with Gasteiger partial charge in [0.2, 0.25) is 0 Å². The second kappa shape index (κ2) is 19.1. The van der Waals surface area contributed by atoms with Crippen LogP contribution in [0.3, 0.4) is 0 Å². The van der Waals surface area contributed by atoms with Gasteiger partial charge in [-0.1, -0.05) is 58.4 Å². The van der Waals surface area contributed by atoms with E-state index in [-0.39, 0.29) is 5.75 Å². The number of benzene rings is 1. The highest BCUT2D eigenvalue weighted by atomic mass is 32.1. The van der Waals surface area contributed by atoms with E-state index in [1.54, 1.807) is 12.1 Å². The van der Waals surface area contributed by atoms with E-state index in [4.69, 9.17) is 4.74 Å². The zero-order chi connectivity index (χ0) is 36.4. The molecule has 6 heterocycles. The molecule has 0 fully saturated rings. The lowest BCUT2D eigenvalue weighted by Crippen LogP contribution is -1.98. The molecule has 0 atom stereocenters. The van der Waals surface area contributed by atoms with E-state index in [0.717, 1.165) is 25.0 Å². The molecule has 0 spiro atoms. The summed E-state index contributed by atoms with van der Waals surface area (Å²) in [6.45, 7) is 5.22. The highest BCUT2D eigenvalue weighted by Gasteiger charge is 2.18. The Morgan fingerprint density at radius 3 is 1.79 bits per heavy atom. The molecule has 0 radical (unpaired) electrons. The van der Waals surface area contributed by atoms with Crippen molar-refractivity contribution in [2.75, 3.05) is 6.61 Å². The van der Waals surface area contributed by atoms with E-state index in [1.165, 1.54) is 123 Å². The molecule has 1 N–H and O–H groups in total. The molecule has 8 heteroatoms. The van der Waals surface area contributed by atoms with Gasteiger partial charge in [-0.15, -0.1) is 68.0 Å². The highest BCUT2D eigenvalue weighted by molar-refractivity contribution is 7.30. The van der Waals surface area contributed by atoms with Gasteiger partial charge in [0.15, 0.2) is 0 Å². The molecule has 2 nitrogen and oxygen atoms in total. The second-order valence-electron chi connectivity index (χ2n) is 13.6. The van der Waals surface area contributed by atoms with Crippen LogP contribution in [0.2, 0.25) is 0 Å². The minimum atomic E-state index is 0.239. The zero-order valence-electron chi connectivity index (χ0n) is 30.7. The molecule has 6 aromatic heterocycles. The summed E-state index contributed by atoms with van der Waals surface area (Å²) >= 11 is 11.6. The van der Waals surface area contributed by atoms with Crippen molar-refractivity contribution in [1.82, 2.24) is 0 Å². The number of hydrogen-bond acceptors (Lipinski definition) is 8. The van der Waals surface area contributed by atoms with Gasteiger partial charge in [-0.05, 0) is 128 Å². The van der Waals surface area contributed by atoms with Crippen molar-refractivity contribution in [1.29, 1.82) is 0 Å². The van der Waals surface area contributed by atoms with Crippen molar-refractivity contribution in [2.24, 2.45) is 0 Å². The van der Waals surface area contributed by atoms with E-state index in [1.807, 2.05) is 80.2 Å². The van der Waals surface area contributed by atoms with Crippen LogP contribution in [-0.2, 0) is 19.3 Å². The number of aromatic hydroxyl groups is 1. The van der Waals surface area contributed by atoms with E-state index in [0.29, 0.717) is 6.61 Å². The first-order valence-electron chi connectivity index (χ1n) is 19.1. The molecule has 7 aromatic rings. The molecule has 0 aliphatic carbocycles. The van der Waals surface area contributed by atoms with Crippen LogP contribution in [0.5, 0.6) is 11.5 Å².